The quantitative estimate of drug-likeness (QED) is 0.318. The summed E-state index contributed by atoms with van der Waals surface area (Å²) in [6.07, 6.45) is 4.88. The first-order valence-corrected chi connectivity index (χ1v) is 10.2. The lowest BCUT2D eigenvalue weighted by molar-refractivity contribution is -0.116. The Morgan fingerprint density at radius 1 is 1.13 bits per heavy atom. The highest BCUT2D eigenvalue weighted by molar-refractivity contribution is 6.14. The Bertz CT molecular complexity index is 876. The molecule has 0 aromatic heterocycles. The van der Waals surface area contributed by atoms with Crippen LogP contribution in [-0.4, -0.2) is 49.5 Å². The second-order valence-corrected chi connectivity index (χ2v) is 7.12. The second kappa shape index (κ2) is 11.8. The third kappa shape index (κ3) is 6.50. The molecular weight excluding hydrogens is 378 g/mol. The Hall–Kier alpha value is -3.03. The molecule has 30 heavy (non-hydrogen) atoms. The van der Waals surface area contributed by atoms with Gasteiger partial charge in [0.15, 0.2) is 0 Å². The molecule has 3 rings (SSSR count). The maximum Gasteiger partial charge on any atom is 0.225 e. The largest absolute Gasteiger partial charge is 0.398 e. The van der Waals surface area contributed by atoms with Crippen LogP contribution in [0.1, 0.15) is 47.2 Å². The van der Waals surface area contributed by atoms with Crippen LogP contribution in [0, 0.1) is 5.41 Å². The van der Waals surface area contributed by atoms with E-state index in [2.05, 4.69) is 16.0 Å². The van der Waals surface area contributed by atoms with Crippen molar-refractivity contribution in [2.75, 3.05) is 37.7 Å². The first-order valence-electron chi connectivity index (χ1n) is 10.2. The number of likely N-dealkylation sites (tertiary alicyclic amines) is 1. The molecule has 6 N–H and O–H groups in total. The summed E-state index contributed by atoms with van der Waals surface area (Å²) in [5, 5.41) is 11.4. The zero-order valence-electron chi connectivity index (χ0n) is 17.5. The molecule has 1 heterocycles. The number of benzene rings is 2. The third-order valence-electron chi connectivity index (χ3n) is 5.02. The molecule has 7 nitrogen and oxygen atoms in total. The second-order valence-electron chi connectivity index (χ2n) is 7.12. The summed E-state index contributed by atoms with van der Waals surface area (Å²) in [6.45, 7) is 2.92. The summed E-state index contributed by atoms with van der Waals surface area (Å²) in [5.74, 6) is -0.0308. The zero-order valence-corrected chi connectivity index (χ0v) is 17.5. The monoisotopic (exact) mass is 409 g/mol. The molecule has 0 spiro atoms. The van der Waals surface area contributed by atoms with E-state index in [1.807, 2.05) is 0 Å². The van der Waals surface area contributed by atoms with Gasteiger partial charge in [-0.2, -0.15) is 0 Å². The van der Waals surface area contributed by atoms with Crippen LogP contribution in [0.4, 0.5) is 11.4 Å². The van der Waals surface area contributed by atoms with E-state index in [4.69, 9.17) is 11.1 Å². The topological polar surface area (TPSA) is 125 Å². The lowest BCUT2D eigenvalue weighted by atomic mass is 9.98. The predicted octanol–water partition coefficient (Wildman–Crippen LogP) is 2.89. The van der Waals surface area contributed by atoms with E-state index in [9.17, 15) is 9.59 Å². The van der Waals surface area contributed by atoms with Gasteiger partial charge in [0.25, 0.3) is 0 Å². The molecular formula is C23H31N5O2. The zero-order chi connectivity index (χ0) is 21.9. The van der Waals surface area contributed by atoms with E-state index >= 15 is 0 Å². The summed E-state index contributed by atoms with van der Waals surface area (Å²) < 4.78 is 0. The van der Waals surface area contributed by atoms with Crippen LogP contribution in [0.25, 0.3) is 0 Å². The number of nitrogens with two attached hydrogens (primary N) is 2. The summed E-state index contributed by atoms with van der Waals surface area (Å²) in [4.78, 5) is 25.6. The van der Waals surface area contributed by atoms with E-state index in [0.717, 1.165) is 25.9 Å². The number of carbonyl (C=O) groups excluding carboxylic acids is 2. The molecule has 7 heteroatoms. The van der Waals surface area contributed by atoms with Gasteiger partial charge in [0, 0.05) is 41.0 Å². The van der Waals surface area contributed by atoms with Crippen molar-refractivity contribution in [3.63, 3.8) is 0 Å². The average molecular weight is 410 g/mol. The molecule has 0 saturated carbocycles. The highest BCUT2D eigenvalue weighted by Gasteiger charge is 2.13. The number of anilines is 2. The Morgan fingerprint density at radius 2 is 1.87 bits per heavy atom. The number of hydrogen-bond acceptors (Lipinski definition) is 6. The first-order chi connectivity index (χ1) is 14.6. The smallest absolute Gasteiger partial charge is 0.225 e. The molecule has 0 unspecified atom stereocenters. The van der Waals surface area contributed by atoms with Gasteiger partial charge in [-0.25, -0.2) is 0 Å². The Morgan fingerprint density at radius 3 is 2.57 bits per heavy atom. The minimum atomic E-state index is -0.0308. The van der Waals surface area contributed by atoms with Crippen LogP contribution in [0.5, 0.6) is 0 Å². The SMILES string of the molecule is CN.N=C(c1cccc(NC(=O)CCN2CCCCC2)c1)c1cc(C=O)ccc1N. The molecule has 1 fully saturated rings. The maximum absolute atomic E-state index is 12.3. The molecule has 160 valence electrons. The van der Waals surface area contributed by atoms with Crippen LogP contribution in [-0.2, 0) is 4.79 Å². The van der Waals surface area contributed by atoms with E-state index in [-0.39, 0.29) is 11.6 Å². The molecule has 0 atom stereocenters. The first kappa shape index (κ1) is 23.3. The normalized spacial score (nSPS) is 13.7. The Labute approximate surface area is 178 Å². The number of amides is 1. The van der Waals surface area contributed by atoms with Gasteiger partial charge in [-0.15, -0.1) is 0 Å². The molecule has 1 aliphatic heterocycles. The number of nitrogens with one attached hydrogen (secondary N) is 2. The van der Waals surface area contributed by atoms with Crippen LogP contribution < -0.4 is 16.8 Å². The van der Waals surface area contributed by atoms with E-state index in [0.29, 0.717) is 34.5 Å². The van der Waals surface area contributed by atoms with Crippen LogP contribution in [0.15, 0.2) is 42.5 Å². The maximum atomic E-state index is 12.3. The highest BCUT2D eigenvalue weighted by Crippen LogP contribution is 2.20. The number of nitrogen functional groups attached to an aromatic ring is 1. The summed E-state index contributed by atoms with van der Waals surface area (Å²) in [6, 6.07) is 12.0. The Kier molecular flexibility index (Phi) is 9.18. The predicted molar refractivity (Wildman–Crippen MR) is 122 cm³/mol. The lowest BCUT2D eigenvalue weighted by Crippen LogP contribution is -2.32. The standard InChI is InChI=1S/C22H26N4O2.CH5N/c23-20-8-7-16(15-27)13-19(20)22(24)17-5-4-6-18(14-17)25-21(28)9-12-26-10-2-1-3-11-26;1-2/h4-8,13-15,24H,1-3,9-12,23H2,(H,25,28);2H2,1H3. The molecule has 2 aromatic rings. The van der Waals surface area contributed by atoms with E-state index in [1.54, 1.807) is 42.5 Å². The fourth-order valence-corrected chi connectivity index (χ4v) is 3.44. The highest BCUT2D eigenvalue weighted by atomic mass is 16.1. The van der Waals surface area contributed by atoms with Gasteiger partial charge in [0.2, 0.25) is 5.91 Å². The molecule has 0 radical (unpaired) electrons. The van der Waals surface area contributed by atoms with Crippen molar-refractivity contribution in [3.05, 3.63) is 59.2 Å². The molecule has 2 aromatic carbocycles. The summed E-state index contributed by atoms with van der Waals surface area (Å²) in [5.41, 5.74) is 13.4. The Balaban J connectivity index is 0.00000155. The van der Waals surface area contributed by atoms with Crippen LogP contribution in [0.3, 0.4) is 0 Å². The van der Waals surface area contributed by atoms with Crippen molar-refractivity contribution < 1.29 is 9.59 Å². The van der Waals surface area contributed by atoms with Crippen molar-refractivity contribution in [2.24, 2.45) is 5.73 Å². The van der Waals surface area contributed by atoms with Crippen molar-refractivity contribution in [1.29, 1.82) is 5.41 Å². The number of aldehydes is 1. The minimum absolute atomic E-state index is 0.0308. The molecule has 0 aliphatic carbocycles. The third-order valence-corrected chi connectivity index (χ3v) is 5.02. The molecule has 1 amide bonds. The fourth-order valence-electron chi connectivity index (χ4n) is 3.44. The molecule has 0 bridgehead atoms. The van der Waals surface area contributed by atoms with Crippen LogP contribution in [0.2, 0.25) is 0 Å². The summed E-state index contributed by atoms with van der Waals surface area (Å²) in [7, 11) is 1.50. The van der Waals surface area contributed by atoms with Gasteiger partial charge >= 0.3 is 0 Å². The van der Waals surface area contributed by atoms with Crippen molar-refractivity contribution in [2.45, 2.75) is 25.7 Å². The fraction of sp³-hybridized carbons (Fsp3) is 0.348. The van der Waals surface area contributed by atoms with E-state index in [1.165, 1.54) is 26.3 Å². The van der Waals surface area contributed by atoms with Gasteiger partial charge in [0.05, 0.1) is 5.71 Å². The van der Waals surface area contributed by atoms with Gasteiger partial charge in [-0.1, -0.05) is 18.6 Å². The average Bonchev–Trinajstić information content (AvgIpc) is 2.80. The van der Waals surface area contributed by atoms with Crippen LogP contribution >= 0.6 is 0 Å². The summed E-state index contributed by atoms with van der Waals surface area (Å²) >= 11 is 0. The minimum Gasteiger partial charge on any atom is -0.398 e. The number of piperidine rings is 1. The number of hydrogen-bond donors (Lipinski definition) is 4. The van der Waals surface area contributed by atoms with Gasteiger partial charge < -0.3 is 21.7 Å². The van der Waals surface area contributed by atoms with E-state index < -0.39 is 0 Å². The number of carbonyl (C=O) groups is 2. The number of rotatable bonds is 7. The van der Waals surface area contributed by atoms with Gasteiger partial charge in [-0.05, 0) is 63.3 Å². The lowest BCUT2D eigenvalue weighted by Gasteiger charge is -2.25. The number of nitrogens with zero attached hydrogens (tertiary/aromatic N) is 1. The van der Waals surface area contributed by atoms with Gasteiger partial charge in [0.1, 0.15) is 6.29 Å². The molecule has 1 aliphatic rings. The van der Waals surface area contributed by atoms with Gasteiger partial charge in [-0.3, -0.25) is 15.0 Å². The van der Waals surface area contributed by atoms with Crippen molar-refractivity contribution >= 4 is 29.3 Å². The molecule has 1 saturated heterocycles. The van der Waals surface area contributed by atoms with Crippen molar-refractivity contribution in [3.8, 4) is 0 Å². The van der Waals surface area contributed by atoms with Crippen molar-refractivity contribution in [1.82, 2.24) is 4.90 Å².